The topological polar surface area (TPSA) is 139 Å². The van der Waals surface area contributed by atoms with Gasteiger partial charge in [0.2, 0.25) is 5.95 Å². The zero-order chi connectivity index (χ0) is 19.1. The van der Waals surface area contributed by atoms with E-state index >= 15 is 0 Å². The standard InChI is InChI=1S/C16H14N8O2S/c1-8-9(2)27-15(18-8)13-12-14(20-16(17)19-13)23(22-21-12)7-10-4-3-5-11(6-10)24(25)26/h3-6H,7H2,1-2H3,(H2,17,19,20). The van der Waals surface area contributed by atoms with Gasteiger partial charge >= 0.3 is 0 Å². The van der Waals surface area contributed by atoms with Crippen LogP contribution in [0.4, 0.5) is 11.6 Å². The number of aryl methyl sites for hydroxylation is 2. The molecule has 11 heteroatoms. The lowest BCUT2D eigenvalue weighted by Gasteiger charge is -2.03. The van der Waals surface area contributed by atoms with Crippen molar-refractivity contribution in [1.82, 2.24) is 29.9 Å². The predicted octanol–water partition coefficient (Wildman–Crippen LogP) is 2.50. The number of rotatable bonds is 4. The molecule has 3 aromatic heterocycles. The van der Waals surface area contributed by atoms with Gasteiger partial charge in [-0.05, 0) is 19.4 Å². The maximum atomic E-state index is 11.0. The van der Waals surface area contributed by atoms with Crippen molar-refractivity contribution in [2.45, 2.75) is 20.4 Å². The summed E-state index contributed by atoms with van der Waals surface area (Å²) in [4.78, 5) is 24.7. The van der Waals surface area contributed by atoms with Gasteiger partial charge in [-0.3, -0.25) is 10.1 Å². The molecule has 3 heterocycles. The lowest BCUT2D eigenvalue weighted by atomic mass is 10.2. The van der Waals surface area contributed by atoms with E-state index in [9.17, 15) is 10.1 Å². The number of nitrogens with two attached hydrogens (primary N) is 1. The van der Waals surface area contributed by atoms with Crippen molar-refractivity contribution in [1.29, 1.82) is 0 Å². The summed E-state index contributed by atoms with van der Waals surface area (Å²) in [6, 6.07) is 6.34. The van der Waals surface area contributed by atoms with Gasteiger partial charge in [-0.1, -0.05) is 17.3 Å². The lowest BCUT2D eigenvalue weighted by molar-refractivity contribution is -0.384. The molecule has 4 aromatic rings. The van der Waals surface area contributed by atoms with Crippen LogP contribution in [0.3, 0.4) is 0 Å². The molecule has 0 atom stereocenters. The van der Waals surface area contributed by atoms with Crippen molar-refractivity contribution in [2.75, 3.05) is 5.73 Å². The second-order valence-corrected chi connectivity index (χ2v) is 7.14. The summed E-state index contributed by atoms with van der Waals surface area (Å²) < 4.78 is 1.54. The minimum atomic E-state index is -0.436. The highest BCUT2D eigenvalue weighted by atomic mass is 32.1. The summed E-state index contributed by atoms with van der Waals surface area (Å²) in [6.07, 6.45) is 0. The van der Waals surface area contributed by atoms with Gasteiger partial charge < -0.3 is 5.73 Å². The second-order valence-electron chi connectivity index (χ2n) is 5.94. The van der Waals surface area contributed by atoms with Crippen molar-refractivity contribution >= 4 is 34.1 Å². The zero-order valence-electron chi connectivity index (χ0n) is 14.4. The number of nitro groups is 1. The Hall–Kier alpha value is -3.47. The highest BCUT2D eigenvalue weighted by molar-refractivity contribution is 7.15. The molecule has 0 fully saturated rings. The first-order chi connectivity index (χ1) is 12.9. The average molecular weight is 382 g/mol. The molecule has 0 aliphatic carbocycles. The monoisotopic (exact) mass is 382 g/mol. The largest absolute Gasteiger partial charge is 0.368 e. The van der Waals surface area contributed by atoms with Gasteiger partial charge in [0.25, 0.3) is 5.69 Å². The van der Waals surface area contributed by atoms with Crippen molar-refractivity contribution in [3.63, 3.8) is 0 Å². The van der Waals surface area contributed by atoms with E-state index in [1.807, 2.05) is 13.8 Å². The molecular formula is C16H14N8O2S. The summed E-state index contributed by atoms with van der Waals surface area (Å²) in [5, 5.41) is 20.0. The fraction of sp³-hybridized carbons (Fsp3) is 0.188. The Morgan fingerprint density at radius 2 is 2.07 bits per heavy atom. The van der Waals surface area contributed by atoms with Crippen molar-refractivity contribution in [3.05, 3.63) is 50.5 Å². The Bertz CT molecular complexity index is 1160. The van der Waals surface area contributed by atoms with Crippen LogP contribution in [0.15, 0.2) is 24.3 Å². The van der Waals surface area contributed by atoms with E-state index in [0.29, 0.717) is 27.4 Å². The molecule has 0 unspecified atom stereocenters. The van der Waals surface area contributed by atoms with Crippen molar-refractivity contribution < 1.29 is 4.92 Å². The van der Waals surface area contributed by atoms with Crippen molar-refractivity contribution in [3.8, 4) is 10.7 Å². The molecule has 2 N–H and O–H groups in total. The van der Waals surface area contributed by atoms with E-state index < -0.39 is 4.92 Å². The first-order valence-electron chi connectivity index (χ1n) is 7.97. The van der Waals surface area contributed by atoms with Crippen LogP contribution in [0.25, 0.3) is 21.9 Å². The minimum Gasteiger partial charge on any atom is -0.368 e. The van der Waals surface area contributed by atoms with E-state index in [4.69, 9.17) is 5.73 Å². The van der Waals surface area contributed by atoms with Crippen LogP contribution < -0.4 is 5.73 Å². The Labute approximate surface area is 156 Å². The Morgan fingerprint density at radius 1 is 1.26 bits per heavy atom. The van der Waals surface area contributed by atoms with Gasteiger partial charge in [0, 0.05) is 17.0 Å². The van der Waals surface area contributed by atoms with Crippen LogP contribution in [-0.2, 0) is 6.54 Å². The first-order valence-corrected chi connectivity index (χ1v) is 8.78. The normalized spacial score (nSPS) is 11.2. The maximum absolute atomic E-state index is 11.0. The van der Waals surface area contributed by atoms with Gasteiger partial charge in [-0.25, -0.2) is 14.6 Å². The summed E-state index contributed by atoms with van der Waals surface area (Å²) in [7, 11) is 0. The SMILES string of the molecule is Cc1nc(-c2nc(N)nc3c2nnn3Cc2cccc([N+](=O)[O-])c2)sc1C. The molecule has 0 bridgehead atoms. The van der Waals surface area contributed by atoms with Gasteiger partial charge in [0.1, 0.15) is 10.7 Å². The van der Waals surface area contributed by atoms with E-state index in [-0.39, 0.29) is 18.2 Å². The molecular weight excluding hydrogens is 368 g/mol. The van der Waals surface area contributed by atoms with Gasteiger partial charge in [-0.15, -0.1) is 16.4 Å². The van der Waals surface area contributed by atoms with Crippen LogP contribution in [-0.4, -0.2) is 34.9 Å². The fourth-order valence-corrected chi connectivity index (χ4v) is 3.55. The summed E-state index contributed by atoms with van der Waals surface area (Å²) in [5.41, 5.74) is 9.00. The van der Waals surface area contributed by atoms with Crippen LogP contribution >= 0.6 is 11.3 Å². The maximum Gasteiger partial charge on any atom is 0.269 e. The molecule has 0 aliphatic heterocycles. The first kappa shape index (κ1) is 17.0. The molecule has 1 aromatic carbocycles. The van der Waals surface area contributed by atoms with Crippen LogP contribution in [0.2, 0.25) is 0 Å². The molecule has 0 aliphatic rings. The molecule has 10 nitrogen and oxygen atoms in total. The van der Waals surface area contributed by atoms with Crippen LogP contribution in [0.5, 0.6) is 0 Å². The van der Waals surface area contributed by atoms with E-state index in [1.54, 1.807) is 16.8 Å². The molecule has 0 saturated heterocycles. The Balaban J connectivity index is 1.80. The number of aromatic nitrogens is 6. The third-order valence-corrected chi connectivity index (χ3v) is 5.14. The summed E-state index contributed by atoms with van der Waals surface area (Å²) in [6.45, 7) is 4.18. The summed E-state index contributed by atoms with van der Waals surface area (Å²) in [5.74, 6) is 0.0885. The Kier molecular flexibility index (Phi) is 4.00. The zero-order valence-corrected chi connectivity index (χ0v) is 15.3. The highest BCUT2D eigenvalue weighted by Gasteiger charge is 2.19. The summed E-state index contributed by atoms with van der Waals surface area (Å²) >= 11 is 1.50. The number of nitrogens with zero attached hydrogens (tertiary/aromatic N) is 7. The van der Waals surface area contributed by atoms with E-state index in [1.165, 1.54) is 23.5 Å². The Morgan fingerprint density at radius 3 is 2.78 bits per heavy atom. The fourth-order valence-electron chi connectivity index (χ4n) is 2.64. The number of non-ortho nitro benzene ring substituents is 1. The minimum absolute atomic E-state index is 0.0143. The number of hydrogen-bond donors (Lipinski definition) is 1. The smallest absolute Gasteiger partial charge is 0.269 e. The molecule has 0 spiro atoms. The number of anilines is 1. The number of benzene rings is 1. The van der Waals surface area contributed by atoms with E-state index in [2.05, 4.69) is 25.3 Å². The van der Waals surface area contributed by atoms with Crippen molar-refractivity contribution in [2.24, 2.45) is 0 Å². The number of fused-ring (bicyclic) bond motifs is 1. The molecule has 136 valence electrons. The third-order valence-electron chi connectivity index (χ3n) is 4.06. The number of hydrogen-bond acceptors (Lipinski definition) is 9. The number of nitro benzene ring substituents is 1. The van der Waals surface area contributed by atoms with Gasteiger partial charge in [0.15, 0.2) is 11.2 Å². The molecule has 27 heavy (non-hydrogen) atoms. The molecule has 0 amide bonds. The average Bonchev–Trinajstić information content (AvgIpc) is 3.18. The van der Waals surface area contributed by atoms with E-state index in [0.717, 1.165) is 10.6 Å². The highest BCUT2D eigenvalue weighted by Crippen LogP contribution is 2.30. The number of nitrogen functional groups attached to an aromatic ring is 1. The second kappa shape index (κ2) is 6.36. The third kappa shape index (κ3) is 3.08. The quantitative estimate of drug-likeness (QED) is 0.419. The van der Waals surface area contributed by atoms with Gasteiger partial charge in [0.05, 0.1) is 17.2 Å². The molecule has 0 saturated carbocycles. The van der Waals surface area contributed by atoms with Gasteiger partial charge in [-0.2, -0.15) is 4.98 Å². The number of thiazole rings is 1. The van der Waals surface area contributed by atoms with Crippen LogP contribution in [0, 0.1) is 24.0 Å². The predicted molar refractivity (Wildman–Crippen MR) is 100 cm³/mol. The lowest BCUT2D eigenvalue weighted by Crippen LogP contribution is -2.05. The molecule has 4 rings (SSSR count). The van der Waals surface area contributed by atoms with Crippen LogP contribution in [0.1, 0.15) is 16.1 Å². The molecule has 0 radical (unpaired) electrons.